The molecule has 120 valence electrons. The molecule has 4 nitrogen and oxygen atoms in total. The molecule has 0 spiro atoms. The Morgan fingerprint density at radius 2 is 1.79 bits per heavy atom. The van der Waals surface area contributed by atoms with Gasteiger partial charge >= 0.3 is 0 Å². The molecule has 0 aliphatic carbocycles. The molecule has 3 rings (SSSR count). The fraction of sp³-hybridized carbons (Fsp3) is 0.100. The summed E-state index contributed by atoms with van der Waals surface area (Å²) in [4.78, 5) is 12.0. The van der Waals surface area contributed by atoms with E-state index in [1.54, 1.807) is 13.3 Å². The molecule has 3 aromatic carbocycles. The average Bonchev–Trinajstić information content (AvgIpc) is 2.62. The van der Waals surface area contributed by atoms with E-state index >= 15 is 0 Å². The van der Waals surface area contributed by atoms with Crippen LogP contribution in [0.15, 0.2) is 71.8 Å². The molecule has 0 aromatic heterocycles. The Bertz CT molecular complexity index is 865. The van der Waals surface area contributed by atoms with E-state index in [4.69, 9.17) is 4.74 Å². The molecule has 4 heteroatoms. The van der Waals surface area contributed by atoms with Crippen molar-refractivity contribution in [2.45, 2.75) is 6.42 Å². The molecular formula is C20H18N2O2. The van der Waals surface area contributed by atoms with Crippen LogP contribution in [0.1, 0.15) is 11.1 Å². The van der Waals surface area contributed by atoms with Crippen molar-refractivity contribution in [1.82, 2.24) is 5.43 Å². The maximum absolute atomic E-state index is 12.0. The number of methoxy groups -OCH3 is 1. The quantitative estimate of drug-likeness (QED) is 0.578. The zero-order valence-electron chi connectivity index (χ0n) is 13.4. The second-order valence-electron chi connectivity index (χ2n) is 5.39. The highest BCUT2D eigenvalue weighted by molar-refractivity contribution is 5.99. The van der Waals surface area contributed by atoms with Crippen LogP contribution in [0.2, 0.25) is 0 Å². The van der Waals surface area contributed by atoms with Crippen molar-refractivity contribution in [3.05, 3.63) is 77.9 Å². The predicted molar refractivity (Wildman–Crippen MR) is 96.4 cm³/mol. The van der Waals surface area contributed by atoms with Crippen molar-refractivity contribution in [2.24, 2.45) is 5.10 Å². The summed E-state index contributed by atoms with van der Waals surface area (Å²) in [5.74, 6) is 0.616. The molecule has 24 heavy (non-hydrogen) atoms. The van der Waals surface area contributed by atoms with E-state index in [0.29, 0.717) is 0 Å². The van der Waals surface area contributed by atoms with Crippen LogP contribution in [0, 0.1) is 0 Å². The lowest BCUT2D eigenvalue weighted by Gasteiger charge is -2.03. The molecule has 1 N–H and O–H groups in total. The lowest BCUT2D eigenvalue weighted by molar-refractivity contribution is -0.120. The molecule has 0 unspecified atom stereocenters. The minimum Gasteiger partial charge on any atom is -0.497 e. The molecule has 0 aliphatic rings. The first-order chi connectivity index (χ1) is 11.8. The van der Waals surface area contributed by atoms with Crippen LogP contribution in [0.4, 0.5) is 0 Å². The van der Waals surface area contributed by atoms with Gasteiger partial charge in [-0.3, -0.25) is 4.79 Å². The van der Waals surface area contributed by atoms with Gasteiger partial charge in [0.25, 0.3) is 0 Å². The molecule has 0 radical (unpaired) electrons. The smallest absolute Gasteiger partial charge is 0.244 e. The molecule has 0 aliphatic heterocycles. The first-order valence-electron chi connectivity index (χ1n) is 7.69. The van der Waals surface area contributed by atoms with Crippen molar-refractivity contribution in [3.8, 4) is 5.75 Å². The summed E-state index contributed by atoms with van der Waals surface area (Å²) in [6, 6.07) is 21.5. The van der Waals surface area contributed by atoms with Gasteiger partial charge in [0, 0.05) is 5.56 Å². The molecule has 0 saturated heterocycles. The number of nitrogens with one attached hydrogen (secondary N) is 1. The third-order valence-corrected chi connectivity index (χ3v) is 3.74. The van der Waals surface area contributed by atoms with Crippen LogP contribution in [0.25, 0.3) is 10.8 Å². The van der Waals surface area contributed by atoms with Crippen molar-refractivity contribution >= 4 is 22.9 Å². The summed E-state index contributed by atoms with van der Waals surface area (Å²) in [5, 5.41) is 6.32. The number of hydrazone groups is 1. The first-order valence-corrected chi connectivity index (χ1v) is 7.69. The summed E-state index contributed by atoms with van der Waals surface area (Å²) in [5.41, 5.74) is 4.45. The molecule has 1 amide bonds. The Morgan fingerprint density at radius 3 is 2.58 bits per heavy atom. The van der Waals surface area contributed by atoms with E-state index < -0.39 is 0 Å². The number of benzene rings is 3. The molecule has 0 atom stereocenters. The van der Waals surface area contributed by atoms with Gasteiger partial charge in [-0.1, -0.05) is 54.6 Å². The summed E-state index contributed by atoms with van der Waals surface area (Å²) in [6.07, 6.45) is 1.95. The van der Waals surface area contributed by atoms with Crippen LogP contribution < -0.4 is 10.2 Å². The Hall–Kier alpha value is -3.14. The fourth-order valence-electron chi connectivity index (χ4n) is 2.51. The van der Waals surface area contributed by atoms with E-state index in [-0.39, 0.29) is 12.3 Å². The molecule has 0 heterocycles. The Kier molecular flexibility index (Phi) is 4.87. The third-order valence-electron chi connectivity index (χ3n) is 3.74. The van der Waals surface area contributed by atoms with Crippen LogP contribution in [-0.4, -0.2) is 19.2 Å². The average molecular weight is 318 g/mol. The van der Waals surface area contributed by atoms with Crippen LogP contribution in [0.3, 0.4) is 0 Å². The standard InChI is InChI=1S/C20H18N2O2/c1-24-18-11-9-15(10-12-18)13-20(23)22-21-14-17-7-4-6-16-5-2-3-8-19(16)17/h2-12,14H,13H2,1H3,(H,22,23). The number of rotatable bonds is 5. The van der Waals surface area contributed by atoms with Crippen molar-refractivity contribution < 1.29 is 9.53 Å². The number of fused-ring (bicyclic) bond motifs is 1. The number of amides is 1. The van der Waals surface area contributed by atoms with Gasteiger partial charge in [0.15, 0.2) is 0 Å². The Morgan fingerprint density at radius 1 is 1.04 bits per heavy atom. The molecule has 0 saturated carbocycles. The van der Waals surface area contributed by atoms with Crippen molar-refractivity contribution in [2.75, 3.05) is 7.11 Å². The number of carbonyl (C=O) groups excluding carboxylic acids is 1. The van der Waals surface area contributed by atoms with E-state index in [0.717, 1.165) is 27.6 Å². The zero-order chi connectivity index (χ0) is 16.8. The molecule has 0 bridgehead atoms. The summed E-state index contributed by atoms with van der Waals surface area (Å²) in [6.45, 7) is 0. The summed E-state index contributed by atoms with van der Waals surface area (Å²) in [7, 11) is 1.61. The summed E-state index contributed by atoms with van der Waals surface area (Å²) < 4.78 is 5.10. The number of ether oxygens (including phenoxy) is 1. The topological polar surface area (TPSA) is 50.7 Å². The second-order valence-corrected chi connectivity index (χ2v) is 5.39. The van der Waals surface area contributed by atoms with Crippen molar-refractivity contribution in [3.63, 3.8) is 0 Å². The van der Waals surface area contributed by atoms with E-state index in [9.17, 15) is 4.79 Å². The highest BCUT2D eigenvalue weighted by atomic mass is 16.5. The third kappa shape index (κ3) is 3.79. The zero-order valence-corrected chi connectivity index (χ0v) is 13.4. The van der Waals surface area contributed by atoms with E-state index in [1.165, 1.54) is 0 Å². The number of hydrogen-bond donors (Lipinski definition) is 1. The summed E-state index contributed by atoms with van der Waals surface area (Å²) >= 11 is 0. The van der Waals surface area contributed by atoms with Gasteiger partial charge in [-0.05, 0) is 28.5 Å². The van der Waals surface area contributed by atoms with Gasteiger partial charge in [-0.25, -0.2) is 5.43 Å². The van der Waals surface area contributed by atoms with Gasteiger partial charge in [-0.2, -0.15) is 5.10 Å². The van der Waals surface area contributed by atoms with Crippen LogP contribution >= 0.6 is 0 Å². The highest BCUT2D eigenvalue weighted by Crippen LogP contribution is 2.16. The molecular weight excluding hydrogens is 300 g/mol. The Balaban J connectivity index is 1.63. The minimum atomic E-state index is -0.156. The van der Waals surface area contributed by atoms with Gasteiger partial charge in [-0.15, -0.1) is 0 Å². The van der Waals surface area contributed by atoms with Gasteiger partial charge in [0.1, 0.15) is 5.75 Å². The van der Waals surface area contributed by atoms with Gasteiger partial charge in [0.2, 0.25) is 5.91 Å². The Labute approximate surface area is 140 Å². The largest absolute Gasteiger partial charge is 0.497 e. The molecule has 0 fully saturated rings. The number of hydrogen-bond acceptors (Lipinski definition) is 3. The van der Waals surface area contributed by atoms with Gasteiger partial charge in [0.05, 0.1) is 19.7 Å². The number of nitrogens with zero attached hydrogens (tertiary/aromatic N) is 1. The van der Waals surface area contributed by atoms with E-state index in [1.807, 2.05) is 54.6 Å². The lowest BCUT2D eigenvalue weighted by atomic mass is 10.1. The molecule has 3 aromatic rings. The monoisotopic (exact) mass is 318 g/mol. The van der Waals surface area contributed by atoms with Crippen LogP contribution in [-0.2, 0) is 11.2 Å². The van der Waals surface area contributed by atoms with Gasteiger partial charge < -0.3 is 4.74 Å². The maximum Gasteiger partial charge on any atom is 0.244 e. The fourth-order valence-corrected chi connectivity index (χ4v) is 2.51. The van der Waals surface area contributed by atoms with Crippen molar-refractivity contribution in [1.29, 1.82) is 0 Å². The second kappa shape index (κ2) is 7.42. The highest BCUT2D eigenvalue weighted by Gasteiger charge is 2.03. The normalized spacial score (nSPS) is 10.9. The predicted octanol–water partition coefficient (Wildman–Crippen LogP) is 3.54. The number of carbonyl (C=O) groups is 1. The minimum absolute atomic E-state index is 0.156. The maximum atomic E-state index is 12.0. The van der Waals surface area contributed by atoms with E-state index in [2.05, 4.69) is 22.7 Å². The SMILES string of the molecule is COc1ccc(CC(=O)NN=Cc2cccc3ccccc23)cc1. The first kappa shape index (κ1) is 15.7. The lowest BCUT2D eigenvalue weighted by Crippen LogP contribution is -2.19. The van der Waals surface area contributed by atoms with Crippen LogP contribution in [0.5, 0.6) is 5.75 Å².